The number of hydrogen-bond donors (Lipinski definition) is 3. The van der Waals surface area contributed by atoms with Crippen molar-refractivity contribution in [3.05, 3.63) is 42.5 Å². The van der Waals surface area contributed by atoms with Crippen LogP contribution < -0.4 is 5.32 Å². The second-order valence-corrected chi connectivity index (χ2v) is 5.86. The topological polar surface area (TPSA) is 73.6 Å². The highest BCUT2D eigenvalue weighted by Gasteiger charge is 2.19. The fourth-order valence-electron chi connectivity index (χ4n) is 3.23. The predicted molar refractivity (Wildman–Crippen MR) is 85.6 cm³/mol. The average molecular weight is 294 g/mol. The highest BCUT2D eigenvalue weighted by molar-refractivity contribution is 5.97. The van der Waals surface area contributed by atoms with Gasteiger partial charge in [-0.05, 0) is 36.6 Å². The van der Waals surface area contributed by atoms with Gasteiger partial charge in [0.25, 0.3) is 5.91 Å². The first-order chi connectivity index (χ1) is 10.8. The molecule has 3 heterocycles. The van der Waals surface area contributed by atoms with E-state index in [0.717, 1.165) is 35.0 Å². The molecule has 0 aromatic carbocycles. The number of rotatable bonds is 3. The lowest BCUT2D eigenvalue weighted by Crippen LogP contribution is -2.32. The summed E-state index contributed by atoms with van der Waals surface area (Å²) < 4.78 is 0. The number of nitrogens with zero attached hydrogens (tertiary/aromatic N) is 1. The van der Waals surface area contributed by atoms with Gasteiger partial charge in [0.15, 0.2) is 0 Å². The van der Waals surface area contributed by atoms with E-state index >= 15 is 0 Å². The minimum Gasteiger partial charge on any atom is -0.357 e. The standard InChI is InChI=1S/C17H18N4O/c22-17(21-12-3-1-2-4-12)15-9-11(10-20-15)13-5-7-18-16-14(13)6-8-19-16/h5-10,12,20H,1-4H2,(H,18,19)(H,21,22). The number of hydrogen-bond acceptors (Lipinski definition) is 2. The van der Waals surface area contributed by atoms with Crippen LogP contribution in [0.2, 0.25) is 0 Å². The molecule has 1 aliphatic rings. The fourth-order valence-corrected chi connectivity index (χ4v) is 3.23. The molecule has 0 saturated heterocycles. The Kier molecular flexibility index (Phi) is 3.18. The maximum atomic E-state index is 12.3. The molecule has 0 radical (unpaired) electrons. The van der Waals surface area contributed by atoms with Crippen molar-refractivity contribution in [2.45, 2.75) is 31.7 Å². The lowest BCUT2D eigenvalue weighted by atomic mass is 10.1. The van der Waals surface area contributed by atoms with E-state index in [2.05, 4.69) is 20.3 Å². The summed E-state index contributed by atoms with van der Waals surface area (Å²) in [5.41, 5.74) is 3.55. The van der Waals surface area contributed by atoms with Gasteiger partial charge in [-0.2, -0.15) is 0 Å². The average Bonchev–Trinajstić information content (AvgIpc) is 3.27. The number of amides is 1. The van der Waals surface area contributed by atoms with Crippen molar-refractivity contribution in [2.24, 2.45) is 0 Å². The van der Waals surface area contributed by atoms with E-state index in [1.165, 1.54) is 12.8 Å². The van der Waals surface area contributed by atoms with Crippen molar-refractivity contribution in [3.63, 3.8) is 0 Å². The molecule has 1 saturated carbocycles. The zero-order chi connectivity index (χ0) is 14.9. The van der Waals surface area contributed by atoms with Crippen molar-refractivity contribution >= 4 is 16.9 Å². The van der Waals surface area contributed by atoms with Gasteiger partial charge in [-0.1, -0.05) is 12.8 Å². The summed E-state index contributed by atoms with van der Waals surface area (Å²) in [4.78, 5) is 22.8. The first-order valence-electron chi connectivity index (χ1n) is 7.73. The summed E-state index contributed by atoms with van der Waals surface area (Å²) in [5.74, 6) is -0.0162. The second-order valence-electron chi connectivity index (χ2n) is 5.86. The Morgan fingerprint density at radius 2 is 2.09 bits per heavy atom. The molecule has 5 heteroatoms. The van der Waals surface area contributed by atoms with Crippen LogP contribution in [-0.4, -0.2) is 26.9 Å². The maximum absolute atomic E-state index is 12.3. The molecule has 0 atom stereocenters. The first kappa shape index (κ1) is 13.1. The third-order valence-electron chi connectivity index (χ3n) is 4.39. The van der Waals surface area contributed by atoms with E-state index in [1.807, 2.05) is 30.6 Å². The zero-order valence-electron chi connectivity index (χ0n) is 12.2. The molecule has 5 nitrogen and oxygen atoms in total. The molecular formula is C17H18N4O. The van der Waals surface area contributed by atoms with Gasteiger partial charge in [0.05, 0.1) is 0 Å². The number of carbonyl (C=O) groups excluding carboxylic acids is 1. The summed E-state index contributed by atoms with van der Waals surface area (Å²) in [6, 6.07) is 6.21. The Labute approximate surface area is 128 Å². The molecule has 3 aromatic heterocycles. The van der Waals surface area contributed by atoms with Gasteiger partial charge in [-0.3, -0.25) is 4.79 Å². The molecule has 0 bridgehead atoms. The number of H-pyrrole nitrogens is 2. The molecule has 1 aliphatic carbocycles. The first-order valence-corrected chi connectivity index (χ1v) is 7.73. The van der Waals surface area contributed by atoms with Crippen LogP contribution in [0.3, 0.4) is 0 Å². The smallest absolute Gasteiger partial charge is 0.267 e. The minimum absolute atomic E-state index is 0.0162. The van der Waals surface area contributed by atoms with Gasteiger partial charge in [0, 0.05) is 35.6 Å². The molecule has 0 unspecified atom stereocenters. The van der Waals surface area contributed by atoms with Crippen LogP contribution in [0, 0.1) is 0 Å². The number of aromatic nitrogens is 3. The van der Waals surface area contributed by atoms with Crippen molar-refractivity contribution in [2.75, 3.05) is 0 Å². The number of fused-ring (bicyclic) bond motifs is 1. The summed E-state index contributed by atoms with van der Waals surface area (Å²) in [6.07, 6.45) is 10.1. The van der Waals surface area contributed by atoms with Crippen molar-refractivity contribution < 1.29 is 4.79 Å². The van der Waals surface area contributed by atoms with Crippen molar-refractivity contribution in [1.29, 1.82) is 0 Å². The number of nitrogens with one attached hydrogen (secondary N) is 3. The predicted octanol–water partition coefficient (Wildman–Crippen LogP) is 3.23. The number of pyridine rings is 1. The fraction of sp³-hybridized carbons (Fsp3) is 0.294. The molecule has 1 fully saturated rings. The Hall–Kier alpha value is -2.56. The van der Waals surface area contributed by atoms with E-state index in [0.29, 0.717) is 11.7 Å². The van der Waals surface area contributed by atoms with Crippen molar-refractivity contribution in [3.8, 4) is 11.1 Å². The SMILES string of the molecule is O=C(NC1CCCC1)c1cc(-c2ccnc3[nH]ccc23)c[nH]1. The van der Waals surface area contributed by atoms with E-state index in [9.17, 15) is 4.79 Å². The third-order valence-corrected chi connectivity index (χ3v) is 4.39. The molecule has 3 aromatic rings. The Balaban J connectivity index is 1.61. The van der Waals surface area contributed by atoms with Gasteiger partial charge in [0.2, 0.25) is 0 Å². The zero-order valence-corrected chi connectivity index (χ0v) is 12.2. The van der Waals surface area contributed by atoms with Gasteiger partial charge in [-0.25, -0.2) is 4.98 Å². The molecule has 112 valence electrons. The molecular weight excluding hydrogens is 276 g/mol. The van der Waals surface area contributed by atoms with Crippen LogP contribution in [0.15, 0.2) is 36.8 Å². The monoisotopic (exact) mass is 294 g/mol. The molecule has 1 amide bonds. The summed E-state index contributed by atoms with van der Waals surface area (Å²) in [5, 5.41) is 4.16. The van der Waals surface area contributed by atoms with Gasteiger partial charge >= 0.3 is 0 Å². The van der Waals surface area contributed by atoms with E-state index < -0.39 is 0 Å². The largest absolute Gasteiger partial charge is 0.357 e. The van der Waals surface area contributed by atoms with E-state index in [-0.39, 0.29) is 5.91 Å². The van der Waals surface area contributed by atoms with Gasteiger partial charge in [0.1, 0.15) is 11.3 Å². The number of carbonyl (C=O) groups is 1. The molecule has 22 heavy (non-hydrogen) atoms. The normalized spacial score (nSPS) is 15.5. The molecule has 3 N–H and O–H groups in total. The Bertz CT molecular complexity index is 811. The van der Waals surface area contributed by atoms with Crippen LogP contribution in [0.25, 0.3) is 22.2 Å². The quantitative estimate of drug-likeness (QED) is 0.694. The molecule has 0 spiro atoms. The molecule has 0 aliphatic heterocycles. The highest BCUT2D eigenvalue weighted by Crippen LogP contribution is 2.27. The second kappa shape index (κ2) is 5.33. The highest BCUT2D eigenvalue weighted by atomic mass is 16.1. The third kappa shape index (κ3) is 2.28. The van der Waals surface area contributed by atoms with Gasteiger partial charge in [-0.15, -0.1) is 0 Å². The summed E-state index contributed by atoms with van der Waals surface area (Å²) in [7, 11) is 0. The lowest BCUT2D eigenvalue weighted by molar-refractivity contribution is 0.0933. The van der Waals surface area contributed by atoms with E-state index in [4.69, 9.17) is 0 Å². The summed E-state index contributed by atoms with van der Waals surface area (Å²) >= 11 is 0. The van der Waals surface area contributed by atoms with Crippen molar-refractivity contribution in [1.82, 2.24) is 20.3 Å². The van der Waals surface area contributed by atoms with Crippen LogP contribution in [0.4, 0.5) is 0 Å². The number of aromatic amines is 2. The van der Waals surface area contributed by atoms with Gasteiger partial charge < -0.3 is 15.3 Å². The molecule has 4 rings (SSSR count). The van der Waals surface area contributed by atoms with Crippen LogP contribution in [0.1, 0.15) is 36.2 Å². The van der Waals surface area contributed by atoms with Crippen LogP contribution >= 0.6 is 0 Å². The van der Waals surface area contributed by atoms with E-state index in [1.54, 1.807) is 6.20 Å². The van der Waals surface area contributed by atoms with Crippen LogP contribution in [0.5, 0.6) is 0 Å². The Morgan fingerprint density at radius 1 is 1.23 bits per heavy atom. The summed E-state index contributed by atoms with van der Waals surface area (Å²) in [6.45, 7) is 0. The Morgan fingerprint density at radius 3 is 2.95 bits per heavy atom. The minimum atomic E-state index is -0.0162. The maximum Gasteiger partial charge on any atom is 0.267 e. The lowest BCUT2D eigenvalue weighted by Gasteiger charge is -2.10. The van der Waals surface area contributed by atoms with Crippen LogP contribution in [-0.2, 0) is 0 Å².